The second-order valence-electron chi connectivity index (χ2n) is 4.65. The number of nitrogens with two attached hydrogens (primary N) is 2. The van der Waals surface area contributed by atoms with Crippen molar-refractivity contribution < 1.29 is 8.42 Å². The van der Waals surface area contributed by atoms with Crippen molar-refractivity contribution in [3.63, 3.8) is 0 Å². The molecule has 2 aromatic rings. The van der Waals surface area contributed by atoms with Crippen molar-refractivity contribution in [1.29, 1.82) is 0 Å². The zero-order chi connectivity index (χ0) is 14.9. The van der Waals surface area contributed by atoms with E-state index in [0.29, 0.717) is 11.4 Å². The monoisotopic (exact) mass is 311 g/mol. The van der Waals surface area contributed by atoms with E-state index >= 15 is 0 Å². The number of rotatable bonds is 4. The molecular formula is C13H17N3O2S2. The minimum absolute atomic E-state index is 0.00885. The number of nitrogen functional groups attached to an aromatic ring is 1. The highest BCUT2D eigenvalue weighted by Crippen LogP contribution is 2.27. The standard InChI is InChI=1S/C13H17N3O2S2/c1-8-3-4-13(19-8)9(2)16-11-5-10(14)6-12(7-11)20(15,17)18/h3-7,9,16H,14H2,1-2H3,(H2,15,17,18). The van der Waals surface area contributed by atoms with Gasteiger partial charge < -0.3 is 11.1 Å². The summed E-state index contributed by atoms with van der Waals surface area (Å²) in [6.07, 6.45) is 0. The lowest BCUT2D eigenvalue weighted by atomic mass is 10.2. The maximum atomic E-state index is 11.4. The van der Waals surface area contributed by atoms with E-state index in [1.165, 1.54) is 21.9 Å². The van der Waals surface area contributed by atoms with Crippen LogP contribution < -0.4 is 16.2 Å². The fourth-order valence-corrected chi connectivity index (χ4v) is 3.35. The summed E-state index contributed by atoms with van der Waals surface area (Å²) < 4.78 is 22.8. The summed E-state index contributed by atoms with van der Waals surface area (Å²) in [7, 11) is -3.76. The Balaban J connectivity index is 2.28. The lowest BCUT2D eigenvalue weighted by Crippen LogP contribution is -2.13. The Bertz CT molecular complexity index is 723. The molecule has 5 nitrogen and oxygen atoms in total. The quantitative estimate of drug-likeness (QED) is 0.755. The van der Waals surface area contributed by atoms with E-state index in [1.807, 2.05) is 26.0 Å². The lowest BCUT2D eigenvalue weighted by Gasteiger charge is -2.15. The topological polar surface area (TPSA) is 98.2 Å². The van der Waals surface area contributed by atoms with Crippen LogP contribution in [0.2, 0.25) is 0 Å². The average Bonchev–Trinajstić information content (AvgIpc) is 2.74. The lowest BCUT2D eigenvalue weighted by molar-refractivity contribution is 0.598. The first-order valence-corrected chi connectivity index (χ1v) is 8.38. The predicted molar refractivity (Wildman–Crippen MR) is 83.3 cm³/mol. The number of nitrogens with one attached hydrogen (secondary N) is 1. The van der Waals surface area contributed by atoms with Crippen molar-refractivity contribution in [2.75, 3.05) is 11.1 Å². The van der Waals surface area contributed by atoms with Gasteiger partial charge in [-0.1, -0.05) is 0 Å². The number of sulfonamides is 1. The van der Waals surface area contributed by atoms with E-state index in [0.717, 1.165) is 0 Å². The summed E-state index contributed by atoms with van der Waals surface area (Å²) in [6, 6.07) is 8.68. The molecule has 0 aliphatic rings. The molecular weight excluding hydrogens is 294 g/mol. The van der Waals surface area contributed by atoms with Gasteiger partial charge in [0.05, 0.1) is 10.9 Å². The summed E-state index contributed by atoms with van der Waals surface area (Å²) in [4.78, 5) is 2.41. The van der Waals surface area contributed by atoms with E-state index < -0.39 is 10.0 Å². The third-order valence-electron chi connectivity index (χ3n) is 2.83. The van der Waals surface area contributed by atoms with E-state index in [4.69, 9.17) is 10.9 Å². The van der Waals surface area contributed by atoms with Gasteiger partial charge in [-0.2, -0.15) is 0 Å². The second kappa shape index (κ2) is 5.43. The molecule has 0 saturated carbocycles. The van der Waals surface area contributed by atoms with Gasteiger partial charge in [0.25, 0.3) is 0 Å². The van der Waals surface area contributed by atoms with Crippen molar-refractivity contribution in [2.24, 2.45) is 5.14 Å². The zero-order valence-corrected chi connectivity index (χ0v) is 12.9. The molecule has 1 aromatic carbocycles. The molecule has 0 saturated heterocycles. The normalized spacial score (nSPS) is 13.2. The van der Waals surface area contributed by atoms with Gasteiger partial charge in [0.15, 0.2) is 0 Å². The smallest absolute Gasteiger partial charge is 0.238 e. The zero-order valence-electron chi connectivity index (χ0n) is 11.3. The van der Waals surface area contributed by atoms with Gasteiger partial charge in [-0.05, 0) is 44.2 Å². The van der Waals surface area contributed by atoms with Crippen molar-refractivity contribution in [3.05, 3.63) is 40.1 Å². The van der Waals surface area contributed by atoms with Gasteiger partial charge in [0, 0.05) is 21.1 Å². The van der Waals surface area contributed by atoms with Crippen molar-refractivity contribution >= 4 is 32.7 Å². The summed E-state index contributed by atoms with van der Waals surface area (Å²) in [5.74, 6) is 0. The Morgan fingerprint density at radius 2 is 1.95 bits per heavy atom. The number of primary sulfonamides is 1. The summed E-state index contributed by atoms with van der Waals surface area (Å²) in [6.45, 7) is 4.05. The van der Waals surface area contributed by atoms with Crippen molar-refractivity contribution in [3.8, 4) is 0 Å². The Kier molecular flexibility index (Phi) is 4.03. The van der Waals surface area contributed by atoms with Crippen LogP contribution in [0.15, 0.2) is 35.2 Å². The minimum atomic E-state index is -3.76. The second-order valence-corrected chi connectivity index (χ2v) is 7.53. The molecule has 0 amide bonds. The van der Waals surface area contributed by atoms with E-state index in [1.54, 1.807) is 17.4 Å². The van der Waals surface area contributed by atoms with E-state index in [9.17, 15) is 8.42 Å². The third-order valence-corrected chi connectivity index (χ3v) is 4.90. The molecule has 0 bridgehead atoms. The number of benzene rings is 1. The first kappa shape index (κ1) is 14.8. The van der Waals surface area contributed by atoms with Crippen LogP contribution in [0, 0.1) is 6.92 Å². The van der Waals surface area contributed by atoms with Crippen LogP contribution in [0.25, 0.3) is 0 Å². The first-order chi connectivity index (χ1) is 9.25. The molecule has 7 heteroatoms. The summed E-state index contributed by atoms with van der Waals surface area (Å²) in [5.41, 5.74) is 6.70. The van der Waals surface area contributed by atoms with Crippen LogP contribution in [-0.4, -0.2) is 8.42 Å². The Labute approximate surface area is 122 Å². The van der Waals surface area contributed by atoms with Gasteiger partial charge in [-0.15, -0.1) is 11.3 Å². The summed E-state index contributed by atoms with van der Waals surface area (Å²) >= 11 is 1.69. The molecule has 5 N–H and O–H groups in total. The number of hydrogen-bond acceptors (Lipinski definition) is 5. The van der Waals surface area contributed by atoms with Gasteiger partial charge in [-0.3, -0.25) is 0 Å². The van der Waals surface area contributed by atoms with Crippen LogP contribution >= 0.6 is 11.3 Å². The van der Waals surface area contributed by atoms with E-state index in [-0.39, 0.29) is 10.9 Å². The van der Waals surface area contributed by atoms with Gasteiger partial charge in [-0.25, -0.2) is 13.6 Å². The molecule has 1 aromatic heterocycles. The fraction of sp³-hybridized carbons (Fsp3) is 0.231. The van der Waals surface area contributed by atoms with Crippen LogP contribution in [0.3, 0.4) is 0 Å². The van der Waals surface area contributed by atoms with Crippen LogP contribution in [-0.2, 0) is 10.0 Å². The Hall–Kier alpha value is -1.57. The maximum Gasteiger partial charge on any atom is 0.238 e. The summed E-state index contributed by atoms with van der Waals surface area (Å²) in [5, 5.41) is 8.37. The highest BCUT2D eigenvalue weighted by molar-refractivity contribution is 7.89. The Morgan fingerprint density at radius 3 is 2.50 bits per heavy atom. The molecule has 1 unspecified atom stereocenters. The Morgan fingerprint density at radius 1 is 1.25 bits per heavy atom. The highest BCUT2D eigenvalue weighted by atomic mass is 32.2. The number of hydrogen-bond donors (Lipinski definition) is 3. The molecule has 0 spiro atoms. The largest absolute Gasteiger partial charge is 0.399 e. The number of aryl methyl sites for hydroxylation is 1. The molecule has 108 valence electrons. The predicted octanol–water partition coefficient (Wildman–Crippen LogP) is 2.46. The average molecular weight is 311 g/mol. The molecule has 0 radical (unpaired) electrons. The molecule has 2 rings (SSSR count). The molecule has 20 heavy (non-hydrogen) atoms. The van der Waals surface area contributed by atoms with Crippen molar-refractivity contribution in [2.45, 2.75) is 24.8 Å². The molecule has 0 aliphatic carbocycles. The molecule has 0 fully saturated rings. The fourth-order valence-electron chi connectivity index (χ4n) is 1.88. The molecule has 1 atom stereocenters. The third kappa shape index (κ3) is 3.50. The van der Waals surface area contributed by atoms with Crippen LogP contribution in [0.5, 0.6) is 0 Å². The minimum Gasteiger partial charge on any atom is -0.399 e. The van der Waals surface area contributed by atoms with Crippen LogP contribution in [0.4, 0.5) is 11.4 Å². The molecule has 1 heterocycles. The van der Waals surface area contributed by atoms with Crippen LogP contribution in [0.1, 0.15) is 22.7 Å². The first-order valence-electron chi connectivity index (χ1n) is 6.02. The van der Waals surface area contributed by atoms with E-state index in [2.05, 4.69) is 5.32 Å². The van der Waals surface area contributed by atoms with Crippen molar-refractivity contribution in [1.82, 2.24) is 0 Å². The van der Waals surface area contributed by atoms with Gasteiger partial charge in [0.1, 0.15) is 0 Å². The maximum absolute atomic E-state index is 11.4. The SMILES string of the molecule is Cc1ccc(C(C)Nc2cc(N)cc(S(N)(=O)=O)c2)s1. The number of anilines is 2. The number of thiophene rings is 1. The molecule has 0 aliphatic heterocycles. The highest BCUT2D eigenvalue weighted by Gasteiger charge is 2.12. The van der Waals surface area contributed by atoms with Gasteiger partial charge in [0.2, 0.25) is 10.0 Å². The van der Waals surface area contributed by atoms with Gasteiger partial charge >= 0.3 is 0 Å².